The van der Waals surface area contributed by atoms with Crippen LogP contribution in [0.3, 0.4) is 0 Å². The van der Waals surface area contributed by atoms with Crippen LogP contribution in [-0.2, 0) is 0 Å². The Balaban J connectivity index is 2.21. The highest BCUT2D eigenvalue weighted by Gasteiger charge is 2.24. The number of amides is 1. The third kappa shape index (κ3) is 3.06. The molecular weight excluding hydrogens is 254 g/mol. The lowest BCUT2D eigenvalue weighted by Crippen LogP contribution is -2.42. The predicted molar refractivity (Wildman–Crippen MR) is 78.5 cm³/mol. The minimum Gasteiger partial charge on any atom is -0.493 e. The molecule has 4 nitrogen and oxygen atoms in total. The van der Waals surface area contributed by atoms with Crippen LogP contribution in [0.15, 0.2) is 18.2 Å². The van der Waals surface area contributed by atoms with Gasteiger partial charge in [0.05, 0.1) is 13.7 Å². The monoisotopic (exact) mass is 277 g/mol. The molecule has 1 heterocycles. The Labute approximate surface area is 120 Å². The Bertz CT molecular complexity index is 473. The van der Waals surface area contributed by atoms with Crippen LogP contribution in [0.4, 0.5) is 0 Å². The fourth-order valence-corrected chi connectivity index (χ4v) is 2.64. The first-order valence-electron chi connectivity index (χ1n) is 7.29. The quantitative estimate of drug-likeness (QED) is 0.849. The highest BCUT2D eigenvalue weighted by atomic mass is 16.5. The molecule has 0 spiro atoms. The Morgan fingerprint density at radius 3 is 2.80 bits per heavy atom. The van der Waals surface area contributed by atoms with Crippen molar-refractivity contribution in [1.29, 1.82) is 0 Å². The van der Waals surface area contributed by atoms with E-state index in [0.29, 0.717) is 29.7 Å². The number of likely N-dealkylation sites (tertiary alicyclic amines) is 1. The van der Waals surface area contributed by atoms with E-state index < -0.39 is 0 Å². The lowest BCUT2D eigenvalue weighted by Gasteiger charge is -2.33. The first kappa shape index (κ1) is 14.7. The molecule has 1 aliphatic rings. The number of benzene rings is 1. The van der Waals surface area contributed by atoms with Gasteiger partial charge in [-0.15, -0.1) is 0 Å². The first-order valence-corrected chi connectivity index (χ1v) is 7.29. The molecule has 0 aliphatic carbocycles. The zero-order chi connectivity index (χ0) is 14.5. The van der Waals surface area contributed by atoms with E-state index in [1.54, 1.807) is 13.2 Å². The van der Waals surface area contributed by atoms with Gasteiger partial charge in [0.15, 0.2) is 11.5 Å². The van der Waals surface area contributed by atoms with Gasteiger partial charge >= 0.3 is 0 Å². The summed E-state index contributed by atoms with van der Waals surface area (Å²) < 4.78 is 10.8. The molecule has 20 heavy (non-hydrogen) atoms. The number of hydrogen-bond donors (Lipinski definition) is 0. The molecule has 0 radical (unpaired) electrons. The summed E-state index contributed by atoms with van der Waals surface area (Å²) in [5, 5.41) is 0. The Morgan fingerprint density at radius 2 is 2.15 bits per heavy atom. The smallest absolute Gasteiger partial charge is 0.254 e. The average Bonchev–Trinajstić information content (AvgIpc) is 2.48. The van der Waals surface area contributed by atoms with Crippen LogP contribution in [-0.4, -0.2) is 37.1 Å². The maximum Gasteiger partial charge on any atom is 0.254 e. The zero-order valence-corrected chi connectivity index (χ0v) is 12.5. The molecule has 1 fully saturated rings. The number of hydrogen-bond acceptors (Lipinski definition) is 3. The lowest BCUT2D eigenvalue weighted by molar-refractivity contribution is 0.0635. The molecule has 1 saturated heterocycles. The van der Waals surface area contributed by atoms with Crippen LogP contribution in [0, 0.1) is 0 Å². The third-order valence-corrected chi connectivity index (χ3v) is 3.77. The minimum absolute atomic E-state index is 0.0820. The standard InChI is InChI=1S/C16H23NO3/c1-4-20-14-9-8-13(11-15(14)19-3)16(18)17-10-6-5-7-12(17)2/h8-9,11-12H,4-7,10H2,1-3H3. The fraction of sp³-hybridized carbons (Fsp3) is 0.562. The number of rotatable bonds is 4. The van der Waals surface area contributed by atoms with Crippen LogP contribution in [0.5, 0.6) is 11.5 Å². The molecule has 1 amide bonds. The van der Waals surface area contributed by atoms with E-state index in [0.717, 1.165) is 19.4 Å². The molecule has 0 bridgehead atoms. The molecule has 4 heteroatoms. The maximum atomic E-state index is 12.6. The molecule has 0 aromatic heterocycles. The van der Waals surface area contributed by atoms with Crippen molar-refractivity contribution in [2.75, 3.05) is 20.3 Å². The molecule has 1 aromatic rings. The summed E-state index contributed by atoms with van der Waals surface area (Å²) in [7, 11) is 1.59. The van der Waals surface area contributed by atoms with E-state index in [1.807, 2.05) is 24.0 Å². The van der Waals surface area contributed by atoms with Gasteiger partial charge in [-0.25, -0.2) is 0 Å². The van der Waals surface area contributed by atoms with Crippen LogP contribution in [0.25, 0.3) is 0 Å². The van der Waals surface area contributed by atoms with Crippen molar-refractivity contribution in [2.45, 2.75) is 39.2 Å². The average molecular weight is 277 g/mol. The third-order valence-electron chi connectivity index (χ3n) is 3.77. The SMILES string of the molecule is CCOc1ccc(C(=O)N2CCCCC2C)cc1OC. The molecule has 1 aliphatic heterocycles. The second kappa shape index (κ2) is 6.64. The normalized spacial score (nSPS) is 18.8. The molecule has 1 aromatic carbocycles. The topological polar surface area (TPSA) is 38.8 Å². The summed E-state index contributed by atoms with van der Waals surface area (Å²) in [4.78, 5) is 14.5. The maximum absolute atomic E-state index is 12.6. The number of carbonyl (C=O) groups is 1. The summed E-state index contributed by atoms with van der Waals surface area (Å²) >= 11 is 0. The van der Waals surface area contributed by atoms with Crippen molar-refractivity contribution >= 4 is 5.91 Å². The molecule has 110 valence electrons. The Morgan fingerprint density at radius 1 is 1.35 bits per heavy atom. The van der Waals surface area contributed by atoms with Gasteiger partial charge in [0.2, 0.25) is 0 Å². The van der Waals surface area contributed by atoms with Crippen LogP contribution in [0.2, 0.25) is 0 Å². The summed E-state index contributed by atoms with van der Waals surface area (Å²) in [6, 6.07) is 5.71. The highest BCUT2D eigenvalue weighted by Crippen LogP contribution is 2.29. The van der Waals surface area contributed by atoms with Crippen LogP contribution >= 0.6 is 0 Å². The second-order valence-electron chi connectivity index (χ2n) is 5.14. The number of ether oxygens (including phenoxy) is 2. The number of nitrogens with zero attached hydrogens (tertiary/aromatic N) is 1. The van der Waals surface area contributed by atoms with Crippen molar-refractivity contribution in [2.24, 2.45) is 0 Å². The summed E-state index contributed by atoms with van der Waals surface area (Å²) in [6.07, 6.45) is 3.38. The fourth-order valence-electron chi connectivity index (χ4n) is 2.64. The predicted octanol–water partition coefficient (Wildman–Crippen LogP) is 3.11. The van der Waals surface area contributed by atoms with Gasteiger partial charge in [-0.3, -0.25) is 4.79 Å². The largest absolute Gasteiger partial charge is 0.493 e. The summed E-state index contributed by atoms with van der Waals surface area (Å²) in [6.45, 7) is 5.46. The van der Waals surface area contributed by atoms with Gasteiger partial charge in [-0.2, -0.15) is 0 Å². The number of piperidine rings is 1. The van der Waals surface area contributed by atoms with Crippen LogP contribution in [0.1, 0.15) is 43.5 Å². The van der Waals surface area contributed by atoms with Gasteiger partial charge < -0.3 is 14.4 Å². The van der Waals surface area contributed by atoms with Gasteiger partial charge in [0, 0.05) is 18.2 Å². The summed E-state index contributed by atoms with van der Waals surface area (Å²) in [5.74, 6) is 1.37. The van der Waals surface area contributed by atoms with Crippen molar-refractivity contribution in [3.63, 3.8) is 0 Å². The van der Waals surface area contributed by atoms with Gasteiger partial charge in [-0.05, 0) is 51.3 Å². The van der Waals surface area contributed by atoms with Gasteiger partial charge in [0.1, 0.15) is 0 Å². The van der Waals surface area contributed by atoms with E-state index >= 15 is 0 Å². The van der Waals surface area contributed by atoms with Gasteiger partial charge in [0.25, 0.3) is 5.91 Å². The van der Waals surface area contributed by atoms with E-state index in [2.05, 4.69) is 6.92 Å². The van der Waals surface area contributed by atoms with E-state index in [4.69, 9.17) is 9.47 Å². The van der Waals surface area contributed by atoms with Crippen LogP contribution < -0.4 is 9.47 Å². The van der Waals surface area contributed by atoms with Gasteiger partial charge in [-0.1, -0.05) is 0 Å². The Hall–Kier alpha value is -1.71. The molecular formula is C16H23NO3. The number of carbonyl (C=O) groups excluding carboxylic acids is 1. The minimum atomic E-state index is 0.0820. The van der Waals surface area contributed by atoms with E-state index in [-0.39, 0.29) is 5.91 Å². The molecule has 0 N–H and O–H groups in total. The van der Waals surface area contributed by atoms with Crippen molar-refractivity contribution < 1.29 is 14.3 Å². The van der Waals surface area contributed by atoms with E-state index in [1.165, 1.54) is 6.42 Å². The first-order chi connectivity index (χ1) is 9.67. The summed E-state index contributed by atoms with van der Waals surface area (Å²) in [5.41, 5.74) is 0.666. The molecule has 2 rings (SSSR count). The zero-order valence-electron chi connectivity index (χ0n) is 12.5. The molecule has 1 unspecified atom stereocenters. The molecule has 1 atom stereocenters. The van der Waals surface area contributed by atoms with E-state index in [9.17, 15) is 4.79 Å². The number of methoxy groups -OCH3 is 1. The van der Waals surface area contributed by atoms with Crippen molar-refractivity contribution in [1.82, 2.24) is 4.90 Å². The molecule has 0 saturated carbocycles. The lowest BCUT2D eigenvalue weighted by atomic mass is 10.0. The highest BCUT2D eigenvalue weighted by molar-refractivity contribution is 5.95. The Kier molecular flexibility index (Phi) is 4.88. The second-order valence-corrected chi connectivity index (χ2v) is 5.14. The van der Waals surface area contributed by atoms with Crippen molar-refractivity contribution in [3.8, 4) is 11.5 Å². The van der Waals surface area contributed by atoms with Crippen molar-refractivity contribution in [3.05, 3.63) is 23.8 Å².